The van der Waals surface area contributed by atoms with E-state index in [0.29, 0.717) is 6.04 Å². The molecule has 2 atom stereocenters. The quantitative estimate of drug-likeness (QED) is 0.845. The minimum Gasteiger partial charge on any atom is -0.390 e. The number of likely N-dealkylation sites (tertiary alicyclic amines) is 1. The minimum atomic E-state index is -0.273. The second kappa shape index (κ2) is 5.91. The lowest BCUT2D eigenvalue weighted by Gasteiger charge is -2.37. The van der Waals surface area contributed by atoms with Gasteiger partial charge >= 0.3 is 0 Å². The van der Waals surface area contributed by atoms with Gasteiger partial charge in [0, 0.05) is 37.1 Å². The molecule has 2 heterocycles. The summed E-state index contributed by atoms with van der Waals surface area (Å²) < 4.78 is 0. The average Bonchev–Trinajstić information content (AvgIpc) is 2.74. The third-order valence-corrected chi connectivity index (χ3v) is 3.72. The molecule has 1 aliphatic heterocycles. The van der Waals surface area contributed by atoms with Crippen LogP contribution in [0.5, 0.6) is 0 Å². The molecule has 1 aromatic heterocycles. The smallest absolute Gasteiger partial charge is 0.0820 e. The summed E-state index contributed by atoms with van der Waals surface area (Å²) in [4.78, 5) is 6.56. The van der Waals surface area contributed by atoms with E-state index in [4.69, 9.17) is 0 Å². The summed E-state index contributed by atoms with van der Waals surface area (Å²) in [7, 11) is 0. The Balaban J connectivity index is 1.82. The zero-order chi connectivity index (χ0) is 12.3. The highest BCUT2D eigenvalue weighted by molar-refractivity contribution is 7.07. The number of piperidine rings is 1. The number of nitrogens with one attached hydrogen (secondary N) is 1. The number of aromatic nitrogens is 1. The van der Waals surface area contributed by atoms with Crippen LogP contribution in [0.2, 0.25) is 0 Å². The predicted octanol–water partition coefficient (Wildman–Crippen LogP) is 1.08. The van der Waals surface area contributed by atoms with Crippen molar-refractivity contribution in [3.05, 3.63) is 16.6 Å². The molecule has 0 spiro atoms. The standard InChI is InChI=1S/C12H21N3OS/c1-9(2)14-11-3-4-15(6-12(11)16)5-10-7-17-8-13-10/h7-9,11-12,14,16H,3-6H2,1-2H3/t11-,12-/m1/s1. The molecule has 0 unspecified atom stereocenters. The van der Waals surface area contributed by atoms with Crippen molar-refractivity contribution in [2.45, 2.75) is 45.0 Å². The summed E-state index contributed by atoms with van der Waals surface area (Å²) in [6, 6.07) is 0.668. The lowest BCUT2D eigenvalue weighted by atomic mass is 10.0. The number of β-amino-alcohol motifs (C(OH)–C–C–N with tert-alkyl or cyclic N) is 1. The minimum absolute atomic E-state index is 0.238. The molecule has 1 aromatic rings. The monoisotopic (exact) mass is 255 g/mol. The molecule has 0 amide bonds. The van der Waals surface area contributed by atoms with E-state index in [0.717, 1.165) is 31.7 Å². The van der Waals surface area contributed by atoms with Crippen LogP contribution in [0.3, 0.4) is 0 Å². The van der Waals surface area contributed by atoms with Gasteiger partial charge in [-0.1, -0.05) is 13.8 Å². The van der Waals surface area contributed by atoms with Crippen LogP contribution in [0, 0.1) is 0 Å². The van der Waals surface area contributed by atoms with Crippen molar-refractivity contribution >= 4 is 11.3 Å². The molecule has 1 saturated heterocycles. The third-order valence-electron chi connectivity index (χ3n) is 3.08. The van der Waals surface area contributed by atoms with Crippen molar-refractivity contribution in [3.8, 4) is 0 Å². The zero-order valence-electron chi connectivity index (χ0n) is 10.5. The number of hydrogen-bond donors (Lipinski definition) is 2. The largest absolute Gasteiger partial charge is 0.390 e. The number of aliphatic hydroxyl groups excluding tert-OH is 1. The van der Waals surface area contributed by atoms with E-state index >= 15 is 0 Å². The topological polar surface area (TPSA) is 48.4 Å². The van der Waals surface area contributed by atoms with E-state index in [2.05, 4.69) is 34.4 Å². The van der Waals surface area contributed by atoms with Crippen molar-refractivity contribution in [1.29, 1.82) is 0 Å². The summed E-state index contributed by atoms with van der Waals surface area (Å²) in [5.74, 6) is 0. The summed E-state index contributed by atoms with van der Waals surface area (Å²) in [5.41, 5.74) is 2.97. The van der Waals surface area contributed by atoms with Crippen molar-refractivity contribution in [1.82, 2.24) is 15.2 Å². The van der Waals surface area contributed by atoms with Gasteiger partial charge in [0.2, 0.25) is 0 Å². The molecule has 1 fully saturated rings. The number of aliphatic hydroxyl groups is 1. The molecule has 2 N–H and O–H groups in total. The lowest BCUT2D eigenvalue weighted by Crippen LogP contribution is -2.53. The number of nitrogens with zero attached hydrogens (tertiary/aromatic N) is 2. The van der Waals surface area contributed by atoms with Gasteiger partial charge in [-0.3, -0.25) is 4.90 Å². The van der Waals surface area contributed by atoms with Gasteiger partial charge in [0.05, 0.1) is 17.3 Å². The number of hydrogen-bond acceptors (Lipinski definition) is 5. The molecule has 1 aliphatic rings. The van der Waals surface area contributed by atoms with E-state index in [1.807, 2.05) is 5.51 Å². The van der Waals surface area contributed by atoms with Gasteiger partial charge in [-0.15, -0.1) is 11.3 Å². The Bertz CT molecular complexity index is 329. The molecule has 0 bridgehead atoms. The Morgan fingerprint density at radius 2 is 2.47 bits per heavy atom. The molecule has 4 nitrogen and oxygen atoms in total. The van der Waals surface area contributed by atoms with E-state index in [-0.39, 0.29) is 12.1 Å². The molecule has 96 valence electrons. The van der Waals surface area contributed by atoms with E-state index in [1.54, 1.807) is 11.3 Å². The highest BCUT2D eigenvalue weighted by atomic mass is 32.1. The van der Waals surface area contributed by atoms with Crippen LogP contribution < -0.4 is 5.32 Å². The first-order chi connectivity index (χ1) is 8.15. The molecular formula is C12H21N3OS. The summed E-state index contributed by atoms with van der Waals surface area (Å²) in [5, 5.41) is 15.6. The number of rotatable bonds is 4. The second-order valence-electron chi connectivity index (χ2n) is 5.00. The van der Waals surface area contributed by atoms with Crippen LogP contribution in [-0.2, 0) is 6.54 Å². The van der Waals surface area contributed by atoms with Crippen LogP contribution in [-0.4, -0.2) is 46.3 Å². The Labute approximate surface area is 107 Å². The SMILES string of the molecule is CC(C)N[C@@H]1CCN(Cc2cscn2)C[C@H]1O. The van der Waals surface area contributed by atoms with Crippen LogP contribution in [0.1, 0.15) is 26.0 Å². The molecule has 2 rings (SSSR count). The second-order valence-corrected chi connectivity index (χ2v) is 5.72. The highest BCUT2D eigenvalue weighted by Crippen LogP contribution is 2.15. The lowest BCUT2D eigenvalue weighted by molar-refractivity contribution is 0.0339. The van der Waals surface area contributed by atoms with Crippen molar-refractivity contribution < 1.29 is 5.11 Å². The normalized spacial score (nSPS) is 26.6. The maximum atomic E-state index is 10.1. The maximum absolute atomic E-state index is 10.1. The first kappa shape index (κ1) is 13.0. The molecule has 0 aliphatic carbocycles. The fourth-order valence-corrected chi connectivity index (χ4v) is 2.86. The van der Waals surface area contributed by atoms with Crippen LogP contribution in [0.25, 0.3) is 0 Å². The summed E-state index contributed by atoms with van der Waals surface area (Å²) in [6.07, 6.45) is 0.730. The highest BCUT2D eigenvalue weighted by Gasteiger charge is 2.27. The van der Waals surface area contributed by atoms with Crippen molar-refractivity contribution in [3.63, 3.8) is 0 Å². The Hall–Kier alpha value is -0.490. The fourth-order valence-electron chi connectivity index (χ4n) is 2.31. The maximum Gasteiger partial charge on any atom is 0.0820 e. The van der Waals surface area contributed by atoms with Gasteiger partial charge in [-0.25, -0.2) is 4.98 Å². The predicted molar refractivity (Wildman–Crippen MR) is 70.1 cm³/mol. The van der Waals surface area contributed by atoms with Crippen LogP contribution >= 0.6 is 11.3 Å². The Morgan fingerprint density at radius 1 is 1.65 bits per heavy atom. The summed E-state index contributed by atoms with van der Waals surface area (Å²) in [6.45, 7) is 6.86. The average molecular weight is 255 g/mol. The van der Waals surface area contributed by atoms with Gasteiger partial charge < -0.3 is 10.4 Å². The molecule has 0 aromatic carbocycles. The fraction of sp³-hybridized carbons (Fsp3) is 0.750. The number of thiazole rings is 1. The zero-order valence-corrected chi connectivity index (χ0v) is 11.3. The Kier molecular flexibility index (Phi) is 4.50. The molecule has 0 saturated carbocycles. The molecular weight excluding hydrogens is 234 g/mol. The molecule has 5 heteroatoms. The van der Waals surface area contributed by atoms with Crippen molar-refractivity contribution in [2.75, 3.05) is 13.1 Å². The van der Waals surface area contributed by atoms with Crippen molar-refractivity contribution in [2.24, 2.45) is 0 Å². The van der Waals surface area contributed by atoms with E-state index in [9.17, 15) is 5.11 Å². The van der Waals surface area contributed by atoms with E-state index < -0.39 is 0 Å². The first-order valence-corrected chi connectivity index (χ1v) is 7.13. The van der Waals surface area contributed by atoms with Gasteiger partial charge in [-0.2, -0.15) is 0 Å². The molecule has 17 heavy (non-hydrogen) atoms. The Morgan fingerprint density at radius 3 is 3.06 bits per heavy atom. The van der Waals surface area contributed by atoms with Gasteiger partial charge in [0.15, 0.2) is 0 Å². The summed E-state index contributed by atoms with van der Waals surface area (Å²) >= 11 is 1.63. The third kappa shape index (κ3) is 3.74. The van der Waals surface area contributed by atoms with E-state index in [1.165, 1.54) is 0 Å². The van der Waals surface area contributed by atoms with Crippen LogP contribution in [0.4, 0.5) is 0 Å². The molecule has 0 radical (unpaired) electrons. The van der Waals surface area contributed by atoms with Gasteiger partial charge in [0.1, 0.15) is 0 Å². The van der Waals surface area contributed by atoms with Gasteiger partial charge in [0.25, 0.3) is 0 Å². The van der Waals surface area contributed by atoms with Crippen LogP contribution in [0.15, 0.2) is 10.9 Å². The van der Waals surface area contributed by atoms with Gasteiger partial charge in [-0.05, 0) is 6.42 Å². The first-order valence-electron chi connectivity index (χ1n) is 6.18.